The molecule has 0 saturated heterocycles. The molecule has 0 fully saturated rings. The minimum Gasteiger partial charge on any atom is -0.487 e. The second-order valence-electron chi connectivity index (χ2n) is 3.86. The smallest absolute Gasteiger partial charge is 0.136 e. The van der Waals surface area contributed by atoms with Gasteiger partial charge in [-0.2, -0.15) is 0 Å². The first-order chi connectivity index (χ1) is 8.60. The van der Waals surface area contributed by atoms with Gasteiger partial charge in [0.05, 0.1) is 11.0 Å². The predicted octanol–water partition coefficient (Wildman–Crippen LogP) is 3.53. The number of furan rings is 1. The van der Waals surface area contributed by atoms with Gasteiger partial charge in [0, 0.05) is 11.6 Å². The van der Waals surface area contributed by atoms with Crippen LogP contribution in [0.3, 0.4) is 0 Å². The van der Waals surface area contributed by atoms with Gasteiger partial charge in [-0.05, 0) is 41.1 Å². The maximum Gasteiger partial charge on any atom is 0.136 e. The molecule has 0 atom stereocenters. The van der Waals surface area contributed by atoms with E-state index in [-0.39, 0.29) is 5.82 Å². The minimum absolute atomic E-state index is 0.317. The van der Waals surface area contributed by atoms with E-state index in [1.165, 1.54) is 12.1 Å². The molecule has 0 amide bonds. The van der Waals surface area contributed by atoms with Gasteiger partial charge >= 0.3 is 0 Å². The third-order valence-corrected chi connectivity index (χ3v) is 3.20. The third-order valence-electron chi connectivity index (χ3n) is 2.55. The Morgan fingerprint density at radius 3 is 2.83 bits per heavy atom. The fourth-order valence-electron chi connectivity index (χ4n) is 1.57. The molecule has 0 aliphatic heterocycles. The van der Waals surface area contributed by atoms with Crippen molar-refractivity contribution in [2.75, 3.05) is 0 Å². The largest absolute Gasteiger partial charge is 0.487 e. The third kappa shape index (κ3) is 2.91. The summed E-state index contributed by atoms with van der Waals surface area (Å²) in [5.74, 6) is 1.61. The van der Waals surface area contributed by atoms with Crippen molar-refractivity contribution >= 4 is 15.9 Å². The summed E-state index contributed by atoms with van der Waals surface area (Å²) in [6.07, 6.45) is 0. The summed E-state index contributed by atoms with van der Waals surface area (Å²) in [4.78, 5) is 0. The van der Waals surface area contributed by atoms with Crippen molar-refractivity contribution in [2.45, 2.75) is 20.1 Å². The monoisotopic (exact) mass is 313 g/mol. The molecule has 96 valence electrons. The molecule has 0 unspecified atom stereocenters. The molecule has 1 aromatic heterocycles. The zero-order valence-electron chi connectivity index (χ0n) is 9.87. The first kappa shape index (κ1) is 13.1. The molecule has 2 aromatic rings. The van der Waals surface area contributed by atoms with Gasteiger partial charge in [0.2, 0.25) is 0 Å². The number of halogens is 2. The highest BCUT2D eigenvalue weighted by atomic mass is 79.9. The molecule has 2 N–H and O–H groups in total. The summed E-state index contributed by atoms with van der Waals surface area (Å²) in [6.45, 7) is 2.51. The molecule has 0 aliphatic carbocycles. The Hall–Kier alpha value is -1.33. The second-order valence-corrected chi connectivity index (χ2v) is 4.72. The Bertz CT molecular complexity index is 554. The normalized spacial score (nSPS) is 10.7. The van der Waals surface area contributed by atoms with Gasteiger partial charge in [-0.15, -0.1) is 0 Å². The van der Waals surface area contributed by atoms with Crippen molar-refractivity contribution in [3.8, 4) is 5.75 Å². The molecule has 5 heteroatoms. The SMILES string of the molecule is Cc1oc(CN)cc1COc1cc(F)ccc1Br. The number of nitrogens with two attached hydrogens (primary N) is 1. The number of aryl methyl sites for hydroxylation is 1. The standard InChI is InChI=1S/C13H13BrFNO2/c1-8-9(4-11(6-16)18-8)7-17-13-5-10(15)2-3-12(13)14/h2-5H,6-7,16H2,1H3. The Morgan fingerprint density at radius 1 is 1.39 bits per heavy atom. The maximum atomic E-state index is 13.1. The first-order valence-corrected chi connectivity index (χ1v) is 6.25. The van der Waals surface area contributed by atoms with E-state index in [2.05, 4.69) is 15.9 Å². The van der Waals surface area contributed by atoms with E-state index in [0.717, 1.165) is 11.3 Å². The highest BCUT2D eigenvalue weighted by molar-refractivity contribution is 9.10. The van der Waals surface area contributed by atoms with Crippen LogP contribution in [0.1, 0.15) is 17.1 Å². The van der Waals surface area contributed by atoms with Crippen molar-refractivity contribution in [1.82, 2.24) is 0 Å². The summed E-state index contributed by atoms with van der Waals surface area (Å²) in [7, 11) is 0. The van der Waals surface area contributed by atoms with Crippen LogP contribution in [0.2, 0.25) is 0 Å². The highest BCUT2D eigenvalue weighted by Gasteiger charge is 2.09. The fraction of sp³-hybridized carbons (Fsp3) is 0.231. The van der Waals surface area contributed by atoms with Crippen LogP contribution in [0, 0.1) is 12.7 Å². The summed E-state index contributed by atoms with van der Waals surface area (Å²) < 4.78 is 24.8. The van der Waals surface area contributed by atoms with Gasteiger partial charge in [0.1, 0.15) is 29.7 Å². The zero-order chi connectivity index (χ0) is 13.1. The lowest BCUT2D eigenvalue weighted by atomic mass is 10.2. The van der Waals surface area contributed by atoms with E-state index < -0.39 is 0 Å². The van der Waals surface area contributed by atoms with Crippen LogP contribution in [-0.4, -0.2) is 0 Å². The van der Waals surface area contributed by atoms with E-state index >= 15 is 0 Å². The number of benzene rings is 1. The Kier molecular flexibility index (Phi) is 4.04. The zero-order valence-corrected chi connectivity index (χ0v) is 11.5. The van der Waals surface area contributed by atoms with Crippen molar-refractivity contribution in [2.24, 2.45) is 5.73 Å². The van der Waals surface area contributed by atoms with Crippen molar-refractivity contribution in [1.29, 1.82) is 0 Å². The highest BCUT2D eigenvalue weighted by Crippen LogP contribution is 2.27. The number of hydrogen-bond donors (Lipinski definition) is 1. The van der Waals surface area contributed by atoms with Crippen LogP contribution < -0.4 is 10.5 Å². The molecule has 1 aromatic carbocycles. The van der Waals surface area contributed by atoms with Crippen LogP contribution in [0.4, 0.5) is 4.39 Å². The van der Waals surface area contributed by atoms with Crippen LogP contribution in [0.15, 0.2) is 33.2 Å². The summed E-state index contributed by atoms with van der Waals surface area (Å²) in [5.41, 5.74) is 6.40. The van der Waals surface area contributed by atoms with E-state index in [9.17, 15) is 4.39 Å². The molecule has 2 rings (SSSR count). The number of hydrogen-bond acceptors (Lipinski definition) is 3. The van der Waals surface area contributed by atoms with E-state index in [4.69, 9.17) is 14.9 Å². The van der Waals surface area contributed by atoms with Gasteiger partial charge in [-0.25, -0.2) is 4.39 Å². The van der Waals surface area contributed by atoms with Gasteiger partial charge in [-0.3, -0.25) is 0 Å². The minimum atomic E-state index is -0.334. The lowest BCUT2D eigenvalue weighted by Crippen LogP contribution is -1.97. The number of ether oxygens (including phenoxy) is 1. The first-order valence-electron chi connectivity index (χ1n) is 5.46. The molecule has 1 heterocycles. The van der Waals surface area contributed by atoms with E-state index in [0.29, 0.717) is 29.1 Å². The van der Waals surface area contributed by atoms with Crippen LogP contribution >= 0.6 is 15.9 Å². The van der Waals surface area contributed by atoms with Crippen LogP contribution in [0.25, 0.3) is 0 Å². The van der Waals surface area contributed by atoms with Crippen molar-refractivity contribution in [3.05, 3.63) is 51.6 Å². The lowest BCUT2D eigenvalue weighted by molar-refractivity contribution is 0.299. The number of rotatable bonds is 4. The molecular formula is C13H13BrFNO2. The van der Waals surface area contributed by atoms with Gasteiger partial charge in [-0.1, -0.05) is 0 Å². The van der Waals surface area contributed by atoms with Gasteiger partial charge in [0.25, 0.3) is 0 Å². The molecule has 0 aliphatic rings. The topological polar surface area (TPSA) is 48.4 Å². The predicted molar refractivity (Wildman–Crippen MR) is 69.8 cm³/mol. The van der Waals surface area contributed by atoms with Crippen molar-refractivity contribution < 1.29 is 13.5 Å². The summed E-state index contributed by atoms with van der Waals surface area (Å²) in [5, 5.41) is 0. The van der Waals surface area contributed by atoms with Crippen molar-refractivity contribution in [3.63, 3.8) is 0 Å². The van der Waals surface area contributed by atoms with E-state index in [1.807, 2.05) is 13.0 Å². The molecule has 3 nitrogen and oxygen atoms in total. The quantitative estimate of drug-likeness (QED) is 0.939. The van der Waals surface area contributed by atoms with Crippen LogP contribution in [-0.2, 0) is 13.2 Å². The Morgan fingerprint density at radius 2 is 2.17 bits per heavy atom. The van der Waals surface area contributed by atoms with E-state index in [1.54, 1.807) is 6.07 Å². The fourth-order valence-corrected chi connectivity index (χ4v) is 1.94. The Labute approximate surface area is 113 Å². The van der Waals surface area contributed by atoms with Gasteiger partial charge < -0.3 is 14.9 Å². The molecule has 0 spiro atoms. The average molecular weight is 314 g/mol. The Balaban J connectivity index is 2.11. The second kappa shape index (κ2) is 5.54. The summed E-state index contributed by atoms with van der Waals surface area (Å²) in [6, 6.07) is 6.16. The average Bonchev–Trinajstić information content (AvgIpc) is 2.71. The molecule has 18 heavy (non-hydrogen) atoms. The summed E-state index contributed by atoms with van der Waals surface area (Å²) >= 11 is 3.31. The molecule has 0 saturated carbocycles. The maximum absolute atomic E-state index is 13.1. The molecule has 0 radical (unpaired) electrons. The van der Waals surface area contributed by atoms with Gasteiger partial charge in [0.15, 0.2) is 0 Å². The molecular weight excluding hydrogens is 301 g/mol. The lowest BCUT2D eigenvalue weighted by Gasteiger charge is -2.07. The van der Waals surface area contributed by atoms with Crippen LogP contribution in [0.5, 0.6) is 5.75 Å². The molecule has 0 bridgehead atoms.